The van der Waals surface area contributed by atoms with E-state index >= 15 is 0 Å². The number of ether oxygens (including phenoxy) is 2. The summed E-state index contributed by atoms with van der Waals surface area (Å²) in [7, 11) is 0. The van der Waals surface area contributed by atoms with Crippen LogP contribution in [0.25, 0.3) is 21.6 Å². The Morgan fingerprint density at radius 2 is 1.82 bits per heavy atom. The summed E-state index contributed by atoms with van der Waals surface area (Å²) in [6, 6.07) is 12.1. The first-order valence-electron chi connectivity index (χ1n) is 10.8. The largest absolute Gasteiger partial charge is 0.493 e. The second kappa shape index (κ2) is 9.23. The number of carbonyl (C=O) groups is 1. The van der Waals surface area contributed by atoms with Crippen molar-refractivity contribution in [3.8, 4) is 27.3 Å². The van der Waals surface area contributed by atoms with Crippen LogP contribution in [0.3, 0.4) is 0 Å². The molecule has 174 valence electrons. The molecule has 33 heavy (non-hydrogen) atoms. The average molecular weight is 473 g/mol. The van der Waals surface area contributed by atoms with Gasteiger partial charge >= 0.3 is 5.97 Å². The van der Waals surface area contributed by atoms with Gasteiger partial charge in [0.05, 0.1) is 12.2 Å². The summed E-state index contributed by atoms with van der Waals surface area (Å²) in [6.07, 6.45) is 0.533. The van der Waals surface area contributed by atoms with Crippen molar-refractivity contribution in [3.63, 3.8) is 0 Å². The third-order valence-electron chi connectivity index (χ3n) is 5.46. The van der Waals surface area contributed by atoms with Gasteiger partial charge in [0, 0.05) is 25.4 Å². The smallest absolute Gasteiger partial charge is 0.381 e. The summed E-state index contributed by atoms with van der Waals surface area (Å²) in [5, 5.41) is 0. The van der Waals surface area contributed by atoms with E-state index < -0.39 is 17.7 Å². The summed E-state index contributed by atoms with van der Waals surface area (Å²) < 4.78 is 38.6. The predicted molar refractivity (Wildman–Crippen MR) is 124 cm³/mol. The third-order valence-corrected chi connectivity index (χ3v) is 6.63. The van der Waals surface area contributed by atoms with Crippen LogP contribution in [0.4, 0.5) is 8.92 Å². The minimum absolute atomic E-state index is 0.338. The number of benzene rings is 2. The molecule has 0 radical (unpaired) electrons. The van der Waals surface area contributed by atoms with Crippen LogP contribution in [-0.4, -0.2) is 18.2 Å². The van der Waals surface area contributed by atoms with Gasteiger partial charge in [0.2, 0.25) is 0 Å². The highest BCUT2D eigenvalue weighted by Crippen LogP contribution is 2.48. The summed E-state index contributed by atoms with van der Waals surface area (Å²) in [5.41, 5.74) is 3.28. The molecule has 4 nitrogen and oxygen atoms in total. The summed E-state index contributed by atoms with van der Waals surface area (Å²) in [6.45, 7) is 7.93. The van der Waals surface area contributed by atoms with Crippen LogP contribution < -0.4 is 4.74 Å². The molecule has 0 saturated heterocycles. The van der Waals surface area contributed by atoms with Crippen LogP contribution in [-0.2, 0) is 20.9 Å². The minimum Gasteiger partial charge on any atom is -0.493 e. The number of carbonyl (C=O) groups excluding carboxylic acids is 1. The van der Waals surface area contributed by atoms with E-state index in [9.17, 15) is 13.7 Å². The molecule has 1 aromatic heterocycles. The molecule has 1 aliphatic heterocycles. The van der Waals surface area contributed by atoms with Crippen molar-refractivity contribution in [1.29, 1.82) is 0 Å². The number of rotatable bonds is 5. The number of halogens is 2. The average Bonchev–Trinajstić information content (AvgIpc) is 3.13. The first kappa shape index (κ1) is 23.4. The number of hydrogen-bond acceptors (Lipinski definition) is 5. The van der Waals surface area contributed by atoms with Crippen LogP contribution in [0.2, 0.25) is 0 Å². The first-order valence-corrected chi connectivity index (χ1v) is 11.6. The lowest BCUT2D eigenvalue weighted by molar-refractivity contribution is -0.204. The van der Waals surface area contributed by atoms with Crippen molar-refractivity contribution in [2.45, 2.75) is 52.2 Å². The quantitative estimate of drug-likeness (QED) is 0.396. The molecular formula is C26H26F2O4S. The van der Waals surface area contributed by atoms with Gasteiger partial charge < -0.3 is 9.47 Å². The van der Waals surface area contributed by atoms with Gasteiger partial charge in [-0.1, -0.05) is 18.2 Å². The lowest BCUT2D eigenvalue weighted by Crippen LogP contribution is -2.28. The van der Waals surface area contributed by atoms with E-state index in [0.29, 0.717) is 12.2 Å². The van der Waals surface area contributed by atoms with E-state index in [2.05, 4.69) is 4.94 Å². The third kappa shape index (κ3) is 4.94. The molecule has 4 rings (SSSR count). The Kier molecular flexibility index (Phi) is 6.54. The van der Waals surface area contributed by atoms with Crippen LogP contribution in [0.5, 0.6) is 5.75 Å². The van der Waals surface area contributed by atoms with E-state index in [1.165, 1.54) is 23.5 Å². The van der Waals surface area contributed by atoms with Gasteiger partial charge in [-0.05, 0) is 81.5 Å². The Morgan fingerprint density at radius 1 is 1.12 bits per heavy atom. The lowest BCUT2D eigenvalue weighted by atomic mass is 9.91. The fourth-order valence-electron chi connectivity index (χ4n) is 4.10. The van der Waals surface area contributed by atoms with Gasteiger partial charge in [0.1, 0.15) is 11.6 Å². The maximum atomic E-state index is 13.6. The van der Waals surface area contributed by atoms with Gasteiger partial charge in [0.15, 0.2) is 6.10 Å². The molecule has 0 saturated carbocycles. The van der Waals surface area contributed by atoms with Gasteiger partial charge in [-0.2, -0.15) is 0 Å². The molecule has 2 heterocycles. The van der Waals surface area contributed by atoms with Gasteiger partial charge in [-0.15, -0.1) is 11.3 Å². The standard InChI is InChI=1S/C26H26F2O4S/c1-15-21(23(25(29)32-28)31-26(2,3)4)22(24(33-15)16-7-10-19(27)11-8-16)18-9-12-20-17(14-18)6-5-13-30-20/h7-12,14,23H,5-6,13H2,1-4H3. The van der Waals surface area contributed by atoms with Crippen molar-refractivity contribution in [2.24, 2.45) is 0 Å². The zero-order valence-electron chi connectivity index (χ0n) is 19.0. The fourth-order valence-corrected chi connectivity index (χ4v) is 5.31. The molecule has 0 amide bonds. The lowest BCUT2D eigenvalue weighted by Gasteiger charge is -2.26. The van der Waals surface area contributed by atoms with Crippen LogP contribution >= 0.6 is 11.3 Å². The second-order valence-electron chi connectivity index (χ2n) is 9.06. The molecule has 3 aromatic rings. The van der Waals surface area contributed by atoms with Crippen molar-refractivity contribution >= 4 is 17.3 Å². The maximum absolute atomic E-state index is 13.6. The Labute approximate surface area is 196 Å². The molecule has 0 spiro atoms. The molecule has 0 bridgehead atoms. The molecule has 1 atom stereocenters. The monoisotopic (exact) mass is 472 g/mol. The van der Waals surface area contributed by atoms with Crippen LogP contribution in [0.1, 0.15) is 49.3 Å². The van der Waals surface area contributed by atoms with Gasteiger partial charge in [0.25, 0.3) is 0 Å². The maximum Gasteiger partial charge on any atom is 0.381 e. The predicted octanol–water partition coefficient (Wildman–Crippen LogP) is 7.14. The minimum atomic E-state index is -1.26. The molecule has 1 unspecified atom stereocenters. The van der Waals surface area contributed by atoms with E-state index in [1.54, 1.807) is 32.9 Å². The Morgan fingerprint density at radius 3 is 2.48 bits per heavy atom. The molecule has 1 aliphatic rings. The van der Waals surface area contributed by atoms with Gasteiger partial charge in [-0.25, -0.2) is 9.18 Å². The van der Waals surface area contributed by atoms with E-state index in [-0.39, 0.29) is 5.82 Å². The van der Waals surface area contributed by atoms with Crippen molar-refractivity contribution in [1.82, 2.24) is 0 Å². The first-order chi connectivity index (χ1) is 15.7. The molecule has 2 aromatic carbocycles. The Balaban J connectivity index is 1.96. The Bertz CT molecular complexity index is 1160. The van der Waals surface area contributed by atoms with E-state index in [1.807, 2.05) is 25.1 Å². The SMILES string of the molecule is Cc1sc(-c2ccc(F)cc2)c(-c2ccc3c(c2)CCCO3)c1C(OC(C)(C)C)C(=O)OF. The Hall–Kier alpha value is -2.77. The highest BCUT2D eigenvalue weighted by molar-refractivity contribution is 7.16. The van der Waals surface area contributed by atoms with Crippen molar-refractivity contribution in [3.05, 3.63) is 64.3 Å². The molecule has 0 aliphatic carbocycles. The summed E-state index contributed by atoms with van der Waals surface area (Å²) in [4.78, 5) is 17.8. The van der Waals surface area contributed by atoms with Crippen molar-refractivity contribution < 1.29 is 28.1 Å². The molecule has 0 N–H and O–H groups in total. The second-order valence-corrected chi connectivity index (χ2v) is 10.3. The normalized spacial score (nSPS) is 14.4. The number of thiophene rings is 1. The number of fused-ring (bicyclic) bond motifs is 1. The van der Waals surface area contributed by atoms with E-state index in [4.69, 9.17) is 9.47 Å². The van der Waals surface area contributed by atoms with Crippen LogP contribution in [0, 0.1) is 12.7 Å². The number of hydrogen-bond donors (Lipinski definition) is 0. The number of aryl methyl sites for hydroxylation is 2. The van der Waals surface area contributed by atoms with Crippen LogP contribution in [0.15, 0.2) is 42.5 Å². The molecule has 7 heteroatoms. The van der Waals surface area contributed by atoms with Gasteiger partial charge in [-0.3, -0.25) is 4.94 Å². The highest BCUT2D eigenvalue weighted by atomic mass is 32.1. The zero-order chi connectivity index (χ0) is 23.8. The highest BCUT2D eigenvalue weighted by Gasteiger charge is 2.35. The fraction of sp³-hybridized carbons (Fsp3) is 0.346. The topological polar surface area (TPSA) is 44.8 Å². The molecule has 0 fully saturated rings. The summed E-state index contributed by atoms with van der Waals surface area (Å²) >= 11 is 1.45. The zero-order valence-corrected chi connectivity index (χ0v) is 19.9. The van der Waals surface area contributed by atoms with Crippen molar-refractivity contribution in [2.75, 3.05) is 6.61 Å². The van der Waals surface area contributed by atoms with E-state index in [0.717, 1.165) is 50.6 Å². The molecular weight excluding hydrogens is 446 g/mol. The summed E-state index contributed by atoms with van der Waals surface area (Å²) in [5.74, 6) is -0.610.